The second-order valence-corrected chi connectivity index (χ2v) is 7.22. The maximum Gasteiger partial charge on any atom is 0.254 e. The second kappa shape index (κ2) is 8.75. The van der Waals surface area contributed by atoms with E-state index < -0.39 is 0 Å². The van der Waals surface area contributed by atoms with Crippen LogP contribution in [0.3, 0.4) is 0 Å². The lowest BCUT2D eigenvalue weighted by atomic mass is 10.2. The van der Waals surface area contributed by atoms with E-state index in [1.165, 1.54) is 34.6 Å². The van der Waals surface area contributed by atoms with E-state index in [0.717, 1.165) is 22.0 Å². The molecule has 0 aliphatic carbocycles. The Balaban J connectivity index is 1.35. The summed E-state index contributed by atoms with van der Waals surface area (Å²) < 4.78 is 11.6. The Hall–Kier alpha value is -3.72. The number of aromatic nitrogens is 3. The highest BCUT2D eigenvalue weighted by Crippen LogP contribution is 2.25. The van der Waals surface area contributed by atoms with Crippen molar-refractivity contribution in [2.45, 2.75) is 13.1 Å². The molecule has 1 N–H and O–H groups in total. The molecule has 0 saturated heterocycles. The summed E-state index contributed by atoms with van der Waals surface area (Å²) in [5.74, 6) is 0.980. The van der Waals surface area contributed by atoms with Crippen LogP contribution >= 0.6 is 11.3 Å². The number of amides is 1. The minimum atomic E-state index is -0.331. The number of nitrogens with zero attached hydrogens (tertiary/aromatic N) is 3. The quantitative estimate of drug-likeness (QED) is 0.492. The molecule has 0 bridgehead atoms. The average molecular weight is 422 g/mol. The number of furan rings is 1. The molecule has 0 aliphatic rings. The van der Waals surface area contributed by atoms with Gasteiger partial charge in [-0.1, -0.05) is 0 Å². The number of methoxy groups -OCH3 is 1. The normalized spacial score (nSPS) is 10.7. The van der Waals surface area contributed by atoms with Gasteiger partial charge in [-0.15, -0.1) is 11.3 Å². The third kappa shape index (κ3) is 4.47. The van der Waals surface area contributed by atoms with Gasteiger partial charge in [0.2, 0.25) is 5.91 Å². The topological polar surface area (TPSA) is 99.2 Å². The van der Waals surface area contributed by atoms with Gasteiger partial charge in [0.05, 0.1) is 31.9 Å². The molecule has 8 nitrogen and oxygen atoms in total. The van der Waals surface area contributed by atoms with E-state index in [9.17, 15) is 9.59 Å². The van der Waals surface area contributed by atoms with Crippen molar-refractivity contribution in [3.05, 3.63) is 76.5 Å². The fourth-order valence-corrected chi connectivity index (χ4v) is 3.58. The van der Waals surface area contributed by atoms with Gasteiger partial charge < -0.3 is 14.5 Å². The molecule has 9 heteroatoms. The summed E-state index contributed by atoms with van der Waals surface area (Å²) >= 11 is 1.50. The van der Waals surface area contributed by atoms with Crippen LogP contribution in [0.5, 0.6) is 5.75 Å². The van der Waals surface area contributed by atoms with Crippen molar-refractivity contribution in [3.63, 3.8) is 0 Å². The number of rotatable bonds is 7. The van der Waals surface area contributed by atoms with E-state index in [4.69, 9.17) is 9.15 Å². The molecule has 1 aromatic carbocycles. The van der Waals surface area contributed by atoms with Crippen LogP contribution in [0.1, 0.15) is 5.69 Å². The van der Waals surface area contributed by atoms with Crippen LogP contribution in [-0.4, -0.2) is 27.6 Å². The van der Waals surface area contributed by atoms with Crippen LogP contribution in [0, 0.1) is 0 Å². The number of hydrogen-bond donors (Lipinski definition) is 1. The summed E-state index contributed by atoms with van der Waals surface area (Å²) in [7, 11) is 1.62. The van der Waals surface area contributed by atoms with Crippen molar-refractivity contribution in [2.24, 2.45) is 0 Å². The number of nitrogens with one attached hydrogen (secondary N) is 1. The number of benzene rings is 1. The summed E-state index contributed by atoms with van der Waals surface area (Å²) in [6, 6.07) is 12.4. The molecule has 152 valence electrons. The van der Waals surface area contributed by atoms with Crippen LogP contribution < -0.4 is 15.6 Å². The van der Waals surface area contributed by atoms with Gasteiger partial charge in [-0.05, 0) is 36.4 Å². The summed E-state index contributed by atoms with van der Waals surface area (Å²) in [6.45, 7) is 0.151. The first-order chi connectivity index (χ1) is 14.6. The van der Waals surface area contributed by atoms with E-state index in [1.54, 1.807) is 19.2 Å². The van der Waals surface area contributed by atoms with E-state index in [2.05, 4.69) is 15.3 Å². The predicted octanol–water partition coefficient (Wildman–Crippen LogP) is 2.95. The molecule has 0 aliphatic heterocycles. The van der Waals surface area contributed by atoms with Crippen molar-refractivity contribution in [2.75, 3.05) is 7.11 Å². The number of hydrogen-bond acceptors (Lipinski definition) is 7. The fourth-order valence-electron chi connectivity index (χ4n) is 2.76. The molecule has 3 aromatic heterocycles. The van der Waals surface area contributed by atoms with Crippen molar-refractivity contribution in [1.29, 1.82) is 0 Å². The molecule has 4 aromatic rings. The van der Waals surface area contributed by atoms with Crippen LogP contribution in [0.15, 0.2) is 69.6 Å². The Morgan fingerprint density at radius 2 is 2.10 bits per heavy atom. The van der Waals surface area contributed by atoms with Crippen molar-refractivity contribution >= 4 is 17.2 Å². The predicted molar refractivity (Wildman–Crippen MR) is 112 cm³/mol. The van der Waals surface area contributed by atoms with Gasteiger partial charge >= 0.3 is 0 Å². The molecular weight excluding hydrogens is 404 g/mol. The standard InChI is InChI=1S/C21H18N4O4S/c1-28-16-6-4-14(5-7-16)21-24-15(12-30-21)10-22-19(26)11-25-13-23-17(9-20(25)27)18-3-2-8-29-18/h2-9,12-13H,10-11H2,1H3,(H,22,26). The highest BCUT2D eigenvalue weighted by Gasteiger charge is 2.10. The lowest BCUT2D eigenvalue weighted by Gasteiger charge is -2.06. The third-order valence-electron chi connectivity index (χ3n) is 4.32. The smallest absolute Gasteiger partial charge is 0.254 e. The van der Waals surface area contributed by atoms with Gasteiger partial charge in [-0.3, -0.25) is 14.2 Å². The van der Waals surface area contributed by atoms with Crippen LogP contribution in [0.2, 0.25) is 0 Å². The summed E-state index contributed by atoms with van der Waals surface area (Å²) in [5, 5.41) is 5.53. The first-order valence-electron chi connectivity index (χ1n) is 9.08. The maximum absolute atomic E-state index is 12.2. The molecule has 0 atom stereocenters. The molecule has 3 heterocycles. The Morgan fingerprint density at radius 1 is 1.27 bits per heavy atom. The van der Waals surface area contributed by atoms with Crippen LogP contribution in [-0.2, 0) is 17.9 Å². The molecule has 0 fully saturated rings. The number of carbonyl (C=O) groups excluding carboxylic acids is 1. The highest BCUT2D eigenvalue weighted by molar-refractivity contribution is 7.13. The minimum Gasteiger partial charge on any atom is -0.497 e. The molecule has 30 heavy (non-hydrogen) atoms. The minimum absolute atomic E-state index is 0.125. The van der Waals surface area contributed by atoms with Gasteiger partial charge in [0.25, 0.3) is 5.56 Å². The molecule has 0 unspecified atom stereocenters. The molecule has 0 radical (unpaired) electrons. The average Bonchev–Trinajstić information content (AvgIpc) is 3.46. The SMILES string of the molecule is COc1ccc(-c2nc(CNC(=O)Cn3cnc(-c4ccco4)cc3=O)cs2)cc1. The van der Waals surface area contributed by atoms with Gasteiger partial charge in [0.1, 0.15) is 23.0 Å². The lowest BCUT2D eigenvalue weighted by Crippen LogP contribution is -2.32. The Labute approximate surface area is 175 Å². The largest absolute Gasteiger partial charge is 0.497 e. The zero-order chi connectivity index (χ0) is 20.9. The number of thiazole rings is 1. The van der Waals surface area contributed by atoms with Gasteiger partial charge in [0, 0.05) is 17.0 Å². The van der Waals surface area contributed by atoms with Crippen LogP contribution in [0.25, 0.3) is 22.0 Å². The maximum atomic E-state index is 12.2. The molecule has 1 amide bonds. The zero-order valence-corrected chi connectivity index (χ0v) is 16.9. The fraction of sp³-hybridized carbons (Fsp3) is 0.143. The summed E-state index contributed by atoms with van der Waals surface area (Å²) in [4.78, 5) is 33.2. The number of ether oxygens (including phenoxy) is 1. The van der Waals surface area contributed by atoms with Crippen LogP contribution in [0.4, 0.5) is 0 Å². The molecule has 0 saturated carbocycles. The second-order valence-electron chi connectivity index (χ2n) is 6.37. The third-order valence-corrected chi connectivity index (χ3v) is 5.26. The summed E-state index contributed by atoms with van der Waals surface area (Å²) in [5.41, 5.74) is 1.82. The van der Waals surface area contributed by atoms with Crippen molar-refractivity contribution in [1.82, 2.24) is 19.9 Å². The molecular formula is C21H18N4O4S. The monoisotopic (exact) mass is 422 g/mol. The van der Waals surface area contributed by atoms with E-state index in [1.807, 2.05) is 29.6 Å². The summed E-state index contributed by atoms with van der Waals surface area (Å²) in [6.07, 6.45) is 2.85. The van der Waals surface area contributed by atoms with E-state index >= 15 is 0 Å². The lowest BCUT2D eigenvalue weighted by molar-refractivity contribution is -0.121. The highest BCUT2D eigenvalue weighted by atomic mass is 32.1. The van der Waals surface area contributed by atoms with Gasteiger partial charge in [-0.2, -0.15) is 0 Å². The Morgan fingerprint density at radius 3 is 2.80 bits per heavy atom. The van der Waals surface area contributed by atoms with Gasteiger partial charge in [0.15, 0.2) is 5.76 Å². The first-order valence-corrected chi connectivity index (χ1v) is 9.96. The zero-order valence-electron chi connectivity index (χ0n) is 16.1. The van der Waals surface area contributed by atoms with Crippen molar-refractivity contribution < 1.29 is 13.9 Å². The molecule has 4 rings (SSSR count). The van der Waals surface area contributed by atoms with Gasteiger partial charge in [-0.25, -0.2) is 9.97 Å². The van der Waals surface area contributed by atoms with Crippen molar-refractivity contribution in [3.8, 4) is 27.8 Å². The van der Waals surface area contributed by atoms with E-state index in [0.29, 0.717) is 11.5 Å². The Kier molecular flexibility index (Phi) is 5.71. The van der Waals surface area contributed by atoms with E-state index in [-0.39, 0.29) is 24.6 Å². The Bertz CT molecular complexity index is 1200. The molecule has 0 spiro atoms. The number of carbonyl (C=O) groups is 1. The first kappa shape index (κ1) is 19.6.